The highest BCUT2D eigenvalue weighted by Gasteiger charge is 2.12. The number of aromatic nitrogens is 3. The van der Waals surface area contributed by atoms with Gasteiger partial charge in [0, 0.05) is 24.5 Å². The van der Waals surface area contributed by atoms with Crippen molar-refractivity contribution in [2.75, 3.05) is 5.75 Å². The van der Waals surface area contributed by atoms with E-state index in [9.17, 15) is 4.79 Å². The molecule has 3 aromatic rings. The van der Waals surface area contributed by atoms with Crippen LogP contribution in [0.15, 0.2) is 60.0 Å². The molecule has 26 heavy (non-hydrogen) atoms. The normalized spacial score (nSPS) is 11.9. The third-order valence-corrected chi connectivity index (χ3v) is 4.95. The molecule has 0 aliphatic rings. The summed E-state index contributed by atoms with van der Waals surface area (Å²) in [6, 6.07) is 14.0. The Morgan fingerprint density at radius 2 is 2.04 bits per heavy atom. The number of imidazole rings is 1. The second kappa shape index (κ2) is 8.67. The van der Waals surface area contributed by atoms with E-state index in [1.807, 2.05) is 44.2 Å². The number of thioether (sulfide) groups is 1. The zero-order valence-electron chi connectivity index (χ0n) is 14.9. The van der Waals surface area contributed by atoms with Gasteiger partial charge in [-0.1, -0.05) is 48.2 Å². The van der Waals surface area contributed by atoms with Crippen molar-refractivity contribution < 1.29 is 4.79 Å². The fourth-order valence-corrected chi connectivity index (χ4v) is 3.38. The Hall–Kier alpha value is -2.60. The molecule has 0 fully saturated rings. The molecule has 0 unspecified atom stereocenters. The molecule has 6 heteroatoms. The van der Waals surface area contributed by atoms with Gasteiger partial charge in [0.15, 0.2) is 5.16 Å². The maximum absolute atomic E-state index is 12.2. The van der Waals surface area contributed by atoms with E-state index in [2.05, 4.69) is 32.4 Å². The third kappa shape index (κ3) is 4.95. The van der Waals surface area contributed by atoms with Crippen LogP contribution in [0.4, 0.5) is 0 Å². The lowest BCUT2D eigenvalue weighted by atomic mass is 10.1. The SMILES string of the molecule is Cc1[nH]c(SCC(=O)N[C@@H](C)c2cccnc2)nc1Cc1ccccc1. The van der Waals surface area contributed by atoms with Crippen molar-refractivity contribution in [3.8, 4) is 0 Å². The van der Waals surface area contributed by atoms with Gasteiger partial charge in [-0.05, 0) is 31.0 Å². The average molecular weight is 366 g/mol. The molecule has 0 radical (unpaired) electrons. The molecule has 0 saturated heterocycles. The number of rotatable bonds is 7. The summed E-state index contributed by atoms with van der Waals surface area (Å²) >= 11 is 1.42. The number of hydrogen-bond acceptors (Lipinski definition) is 4. The van der Waals surface area contributed by atoms with E-state index in [1.54, 1.807) is 12.4 Å². The molecule has 1 amide bonds. The Labute approximate surface area is 157 Å². The second-order valence-electron chi connectivity index (χ2n) is 6.14. The minimum atomic E-state index is -0.0659. The van der Waals surface area contributed by atoms with Gasteiger partial charge in [0.25, 0.3) is 0 Å². The maximum atomic E-state index is 12.2. The van der Waals surface area contributed by atoms with Gasteiger partial charge in [-0.2, -0.15) is 0 Å². The number of nitrogens with zero attached hydrogens (tertiary/aromatic N) is 2. The number of nitrogens with one attached hydrogen (secondary N) is 2. The van der Waals surface area contributed by atoms with Gasteiger partial charge in [-0.3, -0.25) is 9.78 Å². The van der Waals surface area contributed by atoms with Crippen LogP contribution in [0.5, 0.6) is 0 Å². The first-order chi connectivity index (χ1) is 12.6. The molecule has 1 aromatic carbocycles. The van der Waals surface area contributed by atoms with Crippen molar-refractivity contribution in [1.82, 2.24) is 20.3 Å². The van der Waals surface area contributed by atoms with Crippen LogP contribution < -0.4 is 5.32 Å². The molecule has 2 heterocycles. The standard InChI is InChI=1S/C20H22N4OS/c1-14(17-9-6-10-21-12-17)22-19(25)13-26-20-23-15(2)18(24-20)11-16-7-4-3-5-8-16/h3-10,12,14H,11,13H2,1-2H3,(H,22,25)(H,23,24)/t14-/m0/s1. The lowest BCUT2D eigenvalue weighted by Crippen LogP contribution is -2.28. The molecule has 0 spiro atoms. The Balaban J connectivity index is 1.53. The van der Waals surface area contributed by atoms with Gasteiger partial charge in [-0.15, -0.1) is 0 Å². The first-order valence-corrected chi connectivity index (χ1v) is 9.52. The second-order valence-corrected chi connectivity index (χ2v) is 7.10. The molecule has 0 aliphatic carbocycles. The number of amides is 1. The summed E-state index contributed by atoms with van der Waals surface area (Å²) in [6.07, 6.45) is 4.28. The highest BCUT2D eigenvalue weighted by molar-refractivity contribution is 7.99. The predicted octanol–water partition coefficient (Wildman–Crippen LogP) is 3.67. The van der Waals surface area contributed by atoms with Crippen molar-refractivity contribution in [3.05, 3.63) is 77.4 Å². The number of aromatic amines is 1. The highest BCUT2D eigenvalue weighted by atomic mass is 32.2. The van der Waals surface area contributed by atoms with E-state index < -0.39 is 0 Å². The lowest BCUT2D eigenvalue weighted by Gasteiger charge is -2.13. The van der Waals surface area contributed by atoms with E-state index in [4.69, 9.17) is 0 Å². The van der Waals surface area contributed by atoms with Gasteiger partial charge in [0.2, 0.25) is 5.91 Å². The van der Waals surface area contributed by atoms with Crippen molar-refractivity contribution in [2.24, 2.45) is 0 Å². The molecule has 3 rings (SSSR count). The van der Waals surface area contributed by atoms with E-state index in [0.717, 1.165) is 28.5 Å². The van der Waals surface area contributed by atoms with Crippen LogP contribution >= 0.6 is 11.8 Å². The summed E-state index contributed by atoms with van der Waals surface area (Å²) < 4.78 is 0. The number of carbonyl (C=O) groups is 1. The first-order valence-electron chi connectivity index (χ1n) is 8.53. The molecule has 1 atom stereocenters. The molecule has 2 aromatic heterocycles. The molecular formula is C20H22N4OS. The number of aryl methyl sites for hydroxylation is 1. The zero-order chi connectivity index (χ0) is 18.4. The van der Waals surface area contributed by atoms with Crippen LogP contribution in [0.1, 0.15) is 35.5 Å². The summed E-state index contributed by atoms with van der Waals surface area (Å²) in [6.45, 7) is 3.97. The summed E-state index contributed by atoms with van der Waals surface area (Å²) in [5.74, 6) is 0.299. The van der Waals surface area contributed by atoms with E-state index >= 15 is 0 Å². The Morgan fingerprint density at radius 3 is 2.77 bits per heavy atom. The van der Waals surface area contributed by atoms with Crippen molar-refractivity contribution in [1.29, 1.82) is 0 Å². The number of hydrogen-bond donors (Lipinski definition) is 2. The molecule has 134 valence electrons. The molecular weight excluding hydrogens is 344 g/mol. The predicted molar refractivity (Wildman–Crippen MR) is 104 cm³/mol. The summed E-state index contributed by atoms with van der Waals surface area (Å²) in [7, 11) is 0. The van der Waals surface area contributed by atoms with Crippen molar-refractivity contribution in [3.63, 3.8) is 0 Å². The van der Waals surface area contributed by atoms with Gasteiger partial charge < -0.3 is 10.3 Å². The molecule has 2 N–H and O–H groups in total. The Morgan fingerprint density at radius 1 is 1.23 bits per heavy atom. The van der Waals surface area contributed by atoms with Crippen LogP contribution in [0, 0.1) is 6.92 Å². The van der Waals surface area contributed by atoms with E-state index in [1.165, 1.54) is 17.3 Å². The molecule has 0 saturated carbocycles. The van der Waals surface area contributed by atoms with Crippen LogP contribution in [0.3, 0.4) is 0 Å². The van der Waals surface area contributed by atoms with Crippen molar-refractivity contribution >= 4 is 17.7 Å². The van der Waals surface area contributed by atoms with Crippen molar-refractivity contribution in [2.45, 2.75) is 31.5 Å². The molecule has 0 aliphatic heterocycles. The first kappa shape index (κ1) is 18.2. The lowest BCUT2D eigenvalue weighted by molar-refractivity contribution is -0.119. The molecule has 5 nitrogen and oxygen atoms in total. The summed E-state index contributed by atoms with van der Waals surface area (Å²) in [5.41, 5.74) is 4.27. The number of H-pyrrole nitrogens is 1. The quantitative estimate of drug-likeness (QED) is 0.626. The summed E-state index contributed by atoms with van der Waals surface area (Å²) in [4.78, 5) is 24.2. The largest absolute Gasteiger partial charge is 0.349 e. The fourth-order valence-electron chi connectivity index (χ4n) is 2.63. The van der Waals surface area contributed by atoms with Gasteiger partial charge in [0.1, 0.15) is 0 Å². The number of carbonyl (C=O) groups excluding carboxylic acids is 1. The topological polar surface area (TPSA) is 70.7 Å². The van der Waals surface area contributed by atoms with E-state index in [-0.39, 0.29) is 11.9 Å². The van der Waals surface area contributed by atoms with Crippen LogP contribution in [0.2, 0.25) is 0 Å². The van der Waals surface area contributed by atoms with Gasteiger partial charge in [-0.25, -0.2) is 4.98 Å². The van der Waals surface area contributed by atoms with Gasteiger partial charge >= 0.3 is 0 Å². The monoisotopic (exact) mass is 366 g/mol. The Kier molecular flexibility index (Phi) is 6.07. The smallest absolute Gasteiger partial charge is 0.230 e. The third-order valence-electron chi connectivity index (χ3n) is 4.08. The summed E-state index contributed by atoms with van der Waals surface area (Å²) in [5, 5.41) is 3.76. The number of pyridine rings is 1. The maximum Gasteiger partial charge on any atom is 0.230 e. The average Bonchev–Trinajstić information content (AvgIpc) is 3.01. The minimum Gasteiger partial charge on any atom is -0.349 e. The minimum absolute atomic E-state index is 0.0231. The zero-order valence-corrected chi connectivity index (χ0v) is 15.7. The van der Waals surface area contributed by atoms with Crippen LogP contribution in [0.25, 0.3) is 0 Å². The van der Waals surface area contributed by atoms with Crippen LogP contribution in [-0.4, -0.2) is 26.6 Å². The Bertz CT molecular complexity index is 849. The molecule has 0 bridgehead atoms. The van der Waals surface area contributed by atoms with Crippen LogP contribution in [-0.2, 0) is 11.2 Å². The number of benzene rings is 1. The van der Waals surface area contributed by atoms with Gasteiger partial charge in [0.05, 0.1) is 17.5 Å². The highest BCUT2D eigenvalue weighted by Crippen LogP contribution is 2.19. The fraction of sp³-hybridized carbons (Fsp3) is 0.250. The van der Waals surface area contributed by atoms with E-state index in [0.29, 0.717) is 5.75 Å².